The number of hydrogen-bond acceptors (Lipinski definition) is 12. The van der Waals surface area contributed by atoms with Crippen LogP contribution in [0.4, 0.5) is 4.79 Å². The first kappa shape index (κ1) is 58.9. The molecule has 0 saturated carbocycles. The molecule has 6 atom stereocenters. The summed E-state index contributed by atoms with van der Waals surface area (Å²) in [4.78, 5) is 115. The Hall–Kier alpha value is -8.44. The zero-order valence-electron chi connectivity index (χ0n) is 41.2. The number of guanidine groups is 2. The smallest absolute Gasteiger partial charge is 0.408 e. The molecule has 0 aliphatic heterocycles. The Balaban J connectivity index is 1.73. The monoisotopic (exact) mass is 1020 g/mol. The third-order valence-corrected chi connectivity index (χ3v) is 10.8. The number of nitrogens with two attached hydrogens (primary N) is 4. The van der Waals surface area contributed by atoms with Gasteiger partial charge in [0, 0.05) is 25.9 Å². The molecule has 0 fully saturated rings. The average molecular weight is 1020 g/mol. The third-order valence-electron chi connectivity index (χ3n) is 10.8. The maximum absolute atomic E-state index is 14.1. The van der Waals surface area contributed by atoms with Crippen molar-refractivity contribution in [3.63, 3.8) is 0 Å². The summed E-state index contributed by atoms with van der Waals surface area (Å²) in [5, 5.41) is 37.5. The molecule has 0 heterocycles. The average Bonchev–Trinajstić information content (AvgIpc) is 3.34. The molecule has 17 N–H and O–H groups in total. The first-order valence-corrected chi connectivity index (χ1v) is 23.6. The molecule has 7 amide bonds. The summed E-state index contributed by atoms with van der Waals surface area (Å²) in [5.74, 6) is -6.62. The van der Waals surface area contributed by atoms with Gasteiger partial charge in [0.2, 0.25) is 35.4 Å². The molecular formula is C49H69N13O11. The van der Waals surface area contributed by atoms with Crippen LogP contribution in [-0.2, 0) is 57.7 Å². The van der Waals surface area contributed by atoms with Crippen LogP contribution < -0.4 is 60.2 Å². The molecule has 73 heavy (non-hydrogen) atoms. The highest BCUT2D eigenvalue weighted by Gasteiger charge is 2.32. The SMILES string of the molecule is CC(C)C[C@H](NC(=O)[C@H](Cc1ccccc1)NC(=O)CNC(=O)[C@@H](C)NC(=O)[C@H](Cc1ccc(O)cc1)NC(=O)OCc1ccccc1)C(=O)N[C@@H](CCCN=C(N)N)C(=O)N[C@@H](CCCN=C(N)N)C(=O)O. The van der Waals surface area contributed by atoms with E-state index in [2.05, 4.69) is 47.2 Å². The lowest BCUT2D eigenvalue weighted by atomic mass is 10.00. The predicted molar refractivity (Wildman–Crippen MR) is 271 cm³/mol. The highest BCUT2D eigenvalue weighted by Crippen LogP contribution is 2.13. The number of alkyl carbamates (subject to hydrolysis) is 1. The number of phenols is 1. The van der Waals surface area contributed by atoms with Crippen LogP contribution in [0.25, 0.3) is 0 Å². The fraction of sp³-hybridized carbons (Fsp3) is 0.429. The summed E-state index contributed by atoms with van der Waals surface area (Å²) in [6.45, 7) is 4.44. The molecule has 3 rings (SSSR count). The summed E-state index contributed by atoms with van der Waals surface area (Å²) >= 11 is 0. The van der Waals surface area contributed by atoms with Gasteiger partial charge in [-0.3, -0.25) is 38.8 Å². The van der Waals surface area contributed by atoms with Gasteiger partial charge in [0.25, 0.3) is 0 Å². The van der Waals surface area contributed by atoms with Crippen molar-refractivity contribution in [2.24, 2.45) is 38.8 Å². The highest BCUT2D eigenvalue weighted by molar-refractivity contribution is 5.96. The van der Waals surface area contributed by atoms with Crippen molar-refractivity contribution >= 4 is 59.4 Å². The number of benzene rings is 3. The lowest BCUT2D eigenvalue weighted by molar-refractivity contribution is -0.142. The van der Waals surface area contributed by atoms with Crippen molar-refractivity contribution in [1.29, 1.82) is 0 Å². The number of carbonyl (C=O) groups is 8. The van der Waals surface area contributed by atoms with Crippen LogP contribution in [0, 0.1) is 5.92 Å². The predicted octanol–water partition coefficient (Wildman–Crippen LogP) is -0.730. The van der Waals surface area contributed by atoms with Crippen LogP contribution in [0.3, 0.4) is 0 Å². The normalized spacial score (nSPS) is 13.2. The van der Waals surface area contributed by atoms with Gasteiger partial charge in [-0.15, -0.1) is 0 Å². The molecule has 24 nitrogen and oxygen atoms in total. The van der Waals surface area contributed by atoms with E-state index in [-0.39, 0.29) is 88.2 Å². The van der Waals surface area contributed by atoms with Gasteiger partial charge < -0.3 is 75.1 Å². The first-order chi connectivity index (χ1) is 34.7. The van der Waals surface area contributed by atoms with E-state index in [1.54, 1.807) is 86.6 Å². The lowest BCUT2D eigenvalue weighted by Crippen LogP contribution is -2.58. The van der Waals surface area contributed by atoms with Crippen LogP contribution in [0.15, 0.2) is 94.9 Å². The highest BCUT2D eigenvalue weighted by atomic mass is 16.5. The molecule has 396 valence electrons. The van der Waals surface area contributed by atoms with E-state index in [1.165, 1.54) is 19.1 Å². The maximum atomic E-state index is 14.1. The molecule has 0 spiro atoms. The van der Waals surface area contributed by atoms with Crippen molar-refractivity contribution in [2.75, 3.05) is 19.6 Å². The minimum absolute atomic E-state index is 0.00932. The molecule has 0 saturated heterocycles. The number of aromatic hydroxyl groups is 1. The van der Waals surface area contributed by atoms with Crippen molar-refractivity contribution in [3.05, 3.63) is 102 Å². The first-order valence-electron chi connectivity index (χ1n) is 23.6. The van der Waals surface area contributed by atoms with E-state index in [4.69, 9.17) is 27.7 Å². The van der Waals surface area contributed by atoms with Crippen LogP contribution >= 0.6 is 0 Å². The van der Waals surface area contributed by atoms with E-state index in [9.17, 15) is 48.6 Å². The Labute approximate surface area is 423 Å². The second-order valence-corrected chi connectivity index (χ2v) is 17.4. The van der Waals surface area contributed by atoms with Crippen LogP contribution in [0.1, 0.15) is 69.6 Å². The van der Waals surface area contributed by atoms with E-state index in [1.807, 2.05) is 0 Å². The van der Waals surface area contributed by atoms with Gasteiger partial charge in [-0.1, -0.05) is 86.6 Å². The second kappa shape index (κ2) is 31.0. The molecule has 24 heteroatoms. The van der Waals surface area contributed by atoms with Crippen LogP contribution in [0.2, 0.25) is 0 Å². The number of carboxylic acid groups (broad SMARTS) is 1. The number of nitrogens with one attached hydrogen (secondary N) is 7. The molecular weight excluding hydrogens is 947 g/mol. The Morgan fingerprint density at radius 1 is 0.548 bits per heavy atom. The molecule has 3 aromatic carbocycles. The molecule has 0 bridgehead atoms. The van der Waals surface area contributed by atoms with Gasteiger partial charge in [0.1, 0.15) is 48.6 Å². The Morgan fingerprint density at radius 2 is 1.01 bits per heavy atom. The largest absolute Gasteiger partial charge is 0.508 e. The number of carboxylic acids is 1. The van der Waals surface area contributed by atoms with E-state index in [0.29, 0.717) is 16.7 Å². The molecule has 0 aromatic heterocycles. The number of carbonyl (C=O) groups excluding carboxylic acids is 7. The van der Waals surface area contributed by atoms with E-state index >= 15 is 0 Å². The summed E-state index contributed by atoms with van der Waals surface area (Å²) in [5.41, 5.74) is 23.5. The number of rotatable bonds is 30. The second-order valence-electron chi connectivity index (χ2n) is 17.4. The summed E-state index contributed by atoms with van der Waals surface area (Å²) < 4.78 is 5.31. The number of nitrogens with zero attached hydrogens (tertiary/aromatic N) is 2. The van der Waals surface area contributed by atoms with Crippen molar-refractivity contribution in [2.45, 2.75) is 109 Å². The van der Waals surface area contributed by atoms with Gasteiger partial charge in [0.15, 0.2) is 11.9 Å². The van der Waals surface area contributed by atoms with Crippen molar-refractivity contribution < 1.29 is 53.3 Å². The van der Waals surface area contributed by atoms with Crippen LogP contribution in [0.5, 0.6) is 5.75 Å². The minimum Gasteiger partial charge on any atom is -0.508 e. The number of ether oxygens (including phenoxy) is 1. The van der Waals surface area contributed by atoms with Gasteiger partial charge >= 0.3 is 12.1 Å². The van der Waals surface area contributed by atoms with Gasteiger partial charge in [-0.25, -0.2) is 9.59 Å². The molecule has 0 aliphatic rings. The van der Waals surface area contributed by atoms with E-state index < -0.39 is 90.3 Å². The van der Waals surface area contributed by atoms with Crippen molar-refractivity contribution in [3.8, 4) is 5.75 Å². The number of phenolic OH excluding ortho intramolecular Hbond substituents is 1. The molecule has 0 aliphatic carbocycles. The maximum Gasteiger partial charge on any atom is 0.408 e. The molecule has 3 aromatic rings. The standard InChI is InChI=1S/C49H69N13O11/c1-29(2)24-37(44(68)59-35(16-10-22-54-47(50)51)42(66)60-36(46(70)71)17-11-23-55-48(52)53)61-45(69)38(25-31-12-6-4-7-13-31)58-40(64)27-56-41(65)30(3)57-43(67)39(26-32-18-20-34(63)21-19-32)62-49(72)73-28-33-14-8-5-9-15-33/h4-9,12-15,18-21,29-30,35-39,63H,10-11,16-17,22-28H2,1-3H3,(H,56,65)(H,57,67)(H,58,64)(H,59,68)(H,60,66)(H,61,69)(H,62,72)(H,70,71)(H4,50,51,54)(H4,52,53,55)/t30-,35+,36+,37+,38+,39+/m1/s1. The fourth-order valence-corrected chi connectivity index (χ4v) is 7.04. The quantitative estimate of drug-likeness (QED) is 0.0222. The van der Waals surface area contributed by atoms with Gasteiger partial charge in [0.05, 0.1) is 6.54 Å². The fourth-order valence-electron chi connectivity index (χ4n) is 7.04. The molecule has 0 radical (unpaired) electrons. The van der Waals surface area contributed by atoms with Gasteiger partial charge in [-0.2, -0.15) is 0 Å². The molecule has 0 unspecified atom stereocenters. The number of aliphatic carboxylic acids is 1. The Kier molecular flexibility index (Phi) is 25.0. The van der Waals surface area contributed by atoms with Crippen molar-refractivity contribution in [1.82, 2.24) is 37.2 Å². The number of aliphatic imine (C=N–C) groups is 2. The summed E-state index contributed by atoms with van der Waals surface area (Å²) in [6, 6.07) is 15.8. The summed E-state index contributed by atoms with van der Waals surface area (Å²) in [7, 11) is 0. The number of amides is 7. The Bertz CT molecular complexity index is 2350. The zero-order chi connectivity index (χ0) is 53.9. The van der Waals surface area contributed by atoms with E-state index in [0.717, 1.165) is 0 Å². The Morgan fingerprint density at radius 3 is 1.56 bits per heavy atom. The van der Waals surface area contributed by atoms with Crippen LogP contribution in [-0.4, -0.2) is 126 Å². The third kappa shape index (κ3) is 23.4. The minimum atomic E-state index is -1.36. The summed E-state index contributed by atoms with van der Waals surface area (Å²) in [6.07, 6.45) is -0.574. The zero-order valence-corrected chi connectivity index (χ0v) is 41.2. The topological polar surface area (TPSA) is 399 Å². The van der Waals surface area contributed by atoms with Gasteiger partial charge in [-0.05, 0) is 73.8 Å². The lowest BCUT2D eigenvalue weighted by Gasteiger charge is -2.27. The number of hydrogen-bond donors (Lipinski definition) is 13.